The highest BCUT2D eigenvalue weighted by Crippen LogP contribution is 2.25. The van der Waals surface area contributed by atoms with Gasteiger partial charge in [-0.25, -0.2) is 9.79 Å². The number of esters is 1. The monoisotopic (exact) mass is 266 g/mol. The Morgan fingerprint density at radius 1 is 1.50 bits per heavy atom. The Hall–Kier alpha value is -2.21. The number of cyclic esters (lactones) is 1. The predicted molar refractivity (Wildman–Crippen MR) is 65.3 cm³/mol. The molecular formula is C11H7ClN2O4. The van der Waals surface area contributed by atoms with E-state index in [9.17, 15) is 14.9 Å². The number of ether oxygens (including phenoxy) is 1. The predicted octanol–water partition coefficient (Wildman–Crippen LogP) is 2.56. The summed E-state index contributed by atoms with van der Waals surface area (Å²) in [6.45, 7) is 1.54. The lowest BCUT2D eigenvalue weighted by Gasteiger charge is -1.98. The minimum atomic E-state index is -0.602. The molecule has 0 fully saturated rings. The largest absolute Gasteiger partial charge is 0.407 e. The molecule has 0 saturated heterocycles. The van der Waals surface area contributed by atoms with E-state index in [4.69, 9.17) is 16.3 Å². The summed E-state index contributed by atoms with van der Waals surface area (Å²) < 4.78 is 4.73. The van der Waals surface area contributed by atoms with E-state index in [-0.39, 0.29) is 17.3 Å². The van der Waals surface area contributed by atoms with Crippen molar-refractivity contribution < 1.29 is 14.5 Å². The van der Waals surface area contributed by atoms with E-state index in [0.717, 1.165) is 0 Å². The van der Waals surface area contributed by atoms with E-state index in [1.165, 1.54) is 31.2 Å². The van der Waals surface area contributed by atoms with Crippen molar-refractivity contribution in [2.24, 2.45) is 4.99 Å². The first-order chi connectivity index (χ1) is 8.47. The minimum absolute atomic E-state index is 0.0647. The van der Waals surface area contributed by atoms with Crippen LogP contribution in [0.1, 0.15) is 12.5 Å². The van der Waals surface area contributed by atoms with Gasteiger partial charge in [0, 0.05) is 29.6 Å². The van der Waals surface area contributed by atoms with Crippen molar-refractivity contribution in [3.05, 3.63) is 44.6 Å². The average molecular weight is 267 g/mol. The van der Waals surface area contributed by atoms with Gasteiger partial charge in [0.15, 0.2) is 11.6 Å². The lowest BCUT2D eigenvalue weighted by molar-refractivity contribution is -0.384. The van der Waals surface area contributed by atoms with Gasteiger partial charge in [-0.1, -0.05) is 11.6 Å². The summed E-state index contributed by atoms with van der Waals surface area (Å²) in [5.74, 6) is -0.372. The summed E-state index contributed by atoms with van der Waals surface area (Å²) >= 11 is 5.90. The van der Waals surface area contributed by atoms with Gasteiger partial charge in [-0.2, -0.15) is 0 Å². The van der Waals surface area contributed by atoms with Crippen LogP contribution in [0.4, 0.5) is 5.69 Å². The number of rotatable bonds is 2. The van der Waals surface area contributed by atoms with Crippen molar-refractivity contribution in [3.63, 3.8) is 0 Å². The quantitative estimate of drug-likeness (QED) is 0.356. The topological polar surface area (TPSA) is 81.8 Å². The van der Waals surface area contributed by atoms with Crippen LogP contribution in [0.5, 0.6) is 0 Å². The lowest BCUT2D eigenvalue weighted by atomic mass is 10.1. The standard InChI is InChI=1S/C11H7ClN2O4/c1-6-13-10(11(15)18-6)5-7-4-8(14(16)17)2-3-9(7)12/h2-5H,1H3/b10-5-. The first kappa shape index (κ1) is 12.3. The maximum atomic E-state index is 11.3. The fourth-order valence-corrected chi connectivity index (χ4v) is 1.59. The molecule has 6 nitrogen and oxygen atoms in total. The summed E-state index contributed by atoms with van der Waals surface area (Å²) in [6, 6.07) is 3.94. The smallest absolute Gasteiger partial charge is 0.363 e. The van der Waals surface area contributed by atoms with Crippen LogP contribution in [0.15, 0.2) is 28.9 Å². The van der Waals surface area contributed by atoms with E-state index in [2.05, 4.69) is 4.99 Å². The van der Waals surface area contributed by atoms with Crippen LogP contribution in [0, 0.1) is 10.1 Å². The van der Waals surface area contributed by atoms with Gasteiger partial charge in [-0.3, -0.25) is 10.1 Å². The molecule has 2 rings (SSSR count). The number of hydrogen-bond donors (Lipinski definition) is 0. The first-order valence-electron chi connectivity index (χ1n) is 4.90. The maximum absolute atomic E-state index is 11.3. The van der Waals surface area contributed by atoms with E-state index >= 15 is 0 Å². The molecule has 1 heterocycles. The summed E-state index contributed by atoms with van der Waals surface area (Å²) in [5, 5.41) is 10.9. The number of halogens is 1. The number of benzene rings is 1. The molecule has 18 heavy (non-hydrogen) atoms. The lowest BCUT2D eigenvalue weighted by Crippen LogP contribution is -2.00. The van der Waals surface area contributed by atoms with Crippen molar-refractivity contribution in [1.82, 2.24) is 0 Å². The highest BCUT2D eigenvalue weighted by molar-refractivity contribution is 6.32. The Kier molecular flexibility index (Phi) is 3.12. The molecule has 7 heteroatoms. The fourth-order valence-electron chi connectivity index (χ4n) is 1.42. The molecule has 0 saturated carbocycles. The molecule has 0 radical (unpaired) electrons. The highest BCUT2D eigenvalue weighted by atomic mass is 35.5. The van der Waals surface area contributed by atoms with Crippen LogP contribution < -0.4 is 0 Å². The molecule has 0 aliphatic carbocycles. The van der Waals surface area contributed by atoms with Crippen LogP contribution >= 0.6 is 11.6 Å². The van der Waals surface area contributed by atoms with Crippen molar-refractivity contribution >= 4 is 35.2 Å². The molecule has 0 atom stereocenters. The third-order valence-electron chi connectivity index (χ3n) is 2.21. The number of non-ortho nitro benzene ring substituents is 1. The number of carbonyl (C=O) groups excluding carboxylic acids is 1. The number of aliphatic imine (C=N–C) groups is 1. The molecule has 1 aromatic rings. The molecule has 0 aromatic heterocycles. The van der Waals surface area contributed by atoms with Crippen LogP contribution in [0.3, 0.4) is 0 Å². The SMILES string of the molecule is CC1=N/C(=C\c2cc([N+](=O)[O-])ccc2Cl)C(=O)O1. The normalized spacial score (nSPS) is 16.7. The summed E-state index contributed by atoms with van der Waals surface area (Å²) in [4.78, 5) is 25.3. The van der Waals surface area contributed by atoms with Crippen LogP contribution in [-0.2, 0) is 9.53 Å². The zero-order valence-corrected chi connectivity index (χ0v) is 9.97. The van der Waals surface area contributed by atoms with Gasteiger partial charge in [0.2, 0.25) is 0 Å². The second-order valence-electron chi connectivity index (χ2n) is 3.51. The Morgan fingerprint density at radius 3 is 2.78 bits per heavy atom. The van der Waals surface area contributed by atoms with Crippen molar-refractivity contribution in [1.29, 1.82) is 0 Å². The van der Waals surface area contributed by atoms with Gasteiger partial charge in [0.05, 0.1) is 4.92 Å². The second-order valence-corrected chi connectivity index (χ2v) is 3.92. The molecular weight excluding hydrogens is 260 g/mol. The molecule has 1 aromatic carbocycles. The average Bonchev–Trinajstić information content (AvgIpc) is 2.60. The van der Waals surface area contributed by atoms with Gasteiger partial charge in [0.25, 0.3) is 5.69 Å². The van der Waals surface area contributed by atoms with Gasteiger partial charge < -0.3 is 4.74 Å². The third kappa shape index (κ3) is 2.38. The minimum Gasteiger partial charge on any atom is -0.407 e. The van der Waals surface area contributed by atoms with Crippen LogP contribution in [0.2, 0.25) is 5.02 Å². The summed E-state index contributed by atoms with van der Waals surface area (Å²) in [6.07, 6.45) is 1.36. The Balaban J connectivity index is 2.46. The highest BCUT2D eigenvalue weighted by Gasteiger charge is 2.20. The number of nitro benzene ring substituents is 1. The summed E-state index contributed by atoms with van der Waals surface area (Å²) in [5.41, 5.74) is 0.296. The Bertz CT molecular complexity index is 607. The molecule has 1 aliphatic heterocycles. The Morgan fingerprint density at radius 2 is 2.22 bits per heavy atom. The van der Waals surface area contributed by atoms with Crippen molar-refractivity contribution in [3.8, 4) is 0 Å². The second kappa shape index (κ2) is 4.58. The molecule has 92 valence electrons. The number of hydrogen-bond acceptors (Lipinski definition) is 5. The summed E-state index contributed by atoms with van der Waals surface area (Å²) in [7, 11) is 0. The molecule has 0 N–H and O–H groups in total. The van der Waals surface area contributed by atoms with Crippen LogP contribution in [-0.4, -0.2) is 16.8 Å². The van der Waals surface area contributed by atoms with Gasteiger partial charge in [0.1, 0.15) is 0 Å². The number of carbonyl (C=O) groups is 1. The zero-order valence-electron chi connectivity index (χ0n) is 9.21. The van der Waals surface area contributed by atoms with Gasteiger partial charge in [-0.05, 0) is 12.1 Å². The van der Waals surface area contributed by atoms with Crippen LogP contribution in [0.25, 0.3) is 6.08 Å². The Labute approximate surface area is 107 Å². The first-order valence-corrected chi connectivity index (χ1v) is 5.28. The molecule has 0 bridgehead atoms. The fraction of sp³-hybridized carbons (Fsp3) is 0.0909. The van der Waals surface area contributed by atoms with E-state index < -0.39 is 10.9 Å². The van der Waals surface area contributed by atoms with Crippen molar-refractivity contribution in [2.75, 3.05) is 0 Å². The van der Waals surface area contributed by atoms with Gasteiger partial charge >= 0.3 is 5.97 Å². The number of nitro groups is 1. The van der Waals surface area contributed by atoms with E-state index in [0.29, 0.717) is 10.6 Å². The molecule has 0 unspecified atom stereocenters. The van der Waals surface area contributed by atoms with Gasteiger partial charge in [-0.15, -0.1) is 0 Å². The maximum Gasteiger partial charge on any atom is 0.363 e. The van der Waals surface area contributed by atoms with E-state index in [1.807, 2.05) is 0 Å². The molecule has 0 amide bonds. The van der Waals surface area contributed by atoms with Crippen molar-refractivity contribution in [2.45, 2.75) is 6.92 Å². The third-order valence-corrected chi connectivity index (χ3v) is 2.55. The molecule has 1 aliphatic rings. The zero-order chi connectivity index (χ0) is 13.3. The number of nitrogens with zero attached hydrogens (tertiary/aromatic N) is 2. The molecule has 0 spiro atoms. The van der Waals surface area contributed by atoms with E-state index in [1.54, 1.807) is 0 Å².